The third kappa shape index (κ3) is 5.56. The minimum absolute atomic E-state index is 0.00324. The first kappa shape index (κ1) is 23.7. The van der Waals surface area contributed by atoms with E-state index in [4.69, 9.17) is 21.5 Å². The zero-order chi connectivity index (χ0) is 24.3. The highest BCUT2D eigenvalue weighted by Crippen LogP contribution is 2.33. The van der Waals surface area contributed by atoms with E-state index in [0.717, 1.165) is 6.42 Å². The van der Waals surface area contributed by atoms with E-state index in [1.165, 1.54) is 18.2 Å². The van der Waals surface area contributed by atoms with Gasteiger partial charge in [-0.3, -0.25) is 9.59 Å². The summed E-state index contributed by atoms with van der Waals surface area (Å²) in [5, 5.41) is 8.53. The second kappa shape index (κ2) is 9.84. The number of ether oxygens (including phenoxy) is 1. The van der Waals surface area contributed by atoms with E-state index < -0.39 is 10.0 Å². The maximum Gasteiger partial charge on any atom is 0.241 e. The van der Waals surface area contributed by atoms with E-state index in [0.29, 0.717) is 35.0 Å². The van der Waals surface area contributed by atoms with Crippen LogP contribution in [0.3, 0.4) is 0 Å². The van der Waals surface area contributed by atoms with Crippen LogP contribution in [-0.4, -0.2) is 26.8 Å². The van der Waals surface area contributed by atoms with Gasteiger partial charge in [-0.1, -0.05) is 35.9 Å². The van der Waals surface area contributed by atoms with Crippen molar-refractivity contribution >= 4 is 44.8 Å². The van der Waals surface area contributed by atoms with Crippen LogP contribution in [-0.2, 0) is 26.0 Å². The van der Waals surface area contributed by atoms with Crippen LogP contribution in [0.25, 0.3) is 0 Å². The number of anilines is 2. The van der Waals surface area contributed by atoms with Crippen molar-refractivity contribution in [3.05, 3.63) is 77.3 Å². The molecule has 34 heavy (non-hydrogen) atoms. The van der Waals surface area contributed by atoms with Crippen LogP contribution in [0.1, 0.15) is 18.4 Å². The highest BCUT2D eigenvalue weighted by Gasteiger charge is 2.23. The minimum atomic E-state index is -4.17. The molecule has 3 aromatic rings. The van der Waals surface area contributed by atoms with Gasteiger partial charge < -0.3 is 15.0 Å². The van der Waals surface area contributed by atoms with Crippen molar-refractivity contribution in [3.63, 3.8) is 0 Å². The molecule has 3 aromatic carbocycles. The summed E-state index contributed by atoms with van der Waals surface area (Å²) in [6, 6.07) is 17.9. The molecule has 1 aliphatic rings. The van der Waals surface area contributed by atoms with Crippen LogP contribution in [0.5, 0.6) is 11.5 Å². The number of rotatable bonds is 7. The predicted octanol–water partition coefficient (Wildman–Crippen LogP) is 4.09. The molecular formula is C24H22ClN3O5S. The van der Waals surface area contributed by atoms with Gasteiger partial charge in [0.15, 0.2) is 0 Å². The van der Waals surface area contributed by atoms with Crippen molar-refractivity contribution in [1.82, 2.24) is 0 Å². The zero-order valence-corrected chi connectivity index (χ0v) is 19.6. The Morgan fingerprint density at radius 1 is 1.09 bits per heavy atom. The molecule has 1 aliphatic heterocycles. The lowest BCUT2D eigenvalue weighted by molar-refractivity contribution is -0.117. The maximum absolute atomic E-state index is 12.4. The molecule has 1 saturated heterocycles. The van der Waals surface area contributed by atoms with Crippen molar-refractivity contribution in [3.8, 4) is 11.5 Å². The minimum Gasteiger partial charge on any atom is -0.456 e. The lowest BCUT2D eigenvalue weighted by Gasteiger charge is -2.17. The third-order valence-electron chi connectivity index (χ3n) is 5.27. The molecule has 4 rings (SSSR count). The molecule has 0 aromatic heterocycles. The molecule has 1 fully saturated rings. The Hall–Kier alpha value is -3.40. The normalized spacial score (nSPS) is 13.7. The summed E-state index contributed by atoms with van der Waals surface area (Å²) in [6.07, 6.45) is 1.29. The highest BCUT2D eigenvalue weighted by molar-refractivity contribution is 7.89. The third-order valence-corrected chi connectivity index (χ3v) is 6.57. The number of hydrogen-bond donors (Lipinski definition) is 2. The monoisotopic (exact) mass is 499 g/mol. The first-order valence-corrected chi connectivity index (χ1v) is 12.4. The van der Waals surface area contributed by atoms with Gasteiger partial charge in [-0.2, -0.15) is 0 Å². The largest absolute Gasteiger partial charge is 0.456 e. The molecule has 0 atom stereocenters. The standard InChI is InChI=1S/C24H22ClN3O5S/c25-20-8-2-1-5-16(20)13-23(29)27-17-10-11-21(22(14-17)34(26,31)32)33-19-7-3-6-18(15-19)28-12-4-9-24(28)30/h1-3,5-8,10-11,14-15H,4,9,12-13H2,(H,27,29)(H2,26,31,32). The van der Waals surface area contributed by atoms with Crippen LogP contribution in [0.2, 0.25) is 5.02 Å². The Morgan fingerprint density at radius 2 is 1.88 bits per heavy atom. The molecular weight excluding hydrogens is 478 g/mol. The van der Waals surface area contributed by atoms with Crippen molar-refractivity contribution in [2.75, 3.05) is 16.8 Å². The fourth-order valence-electron chi connectivity index (χ4n) is 3.68. The number of carbonyl (C=O) groups excluding carboxylic acids is 2. The molecule has 176 valence electrons. The lowest BCUT2D eigenvalue weighted by Crippen LogP contribution is -2.23. The van der Waals surface area contributed by atoms with Gasteiger partial charge in [0.1, 0.15) is 16.4 Å². The quantitative estimate of drug-likeness (QED) is 0.507. The van der Waals surface area contributed by atoms with Gasteiger partial charge in [-0.25, -0.2) is 13.6 Å². The van der Waals surface area contributed by atoms with Crippen LogP contribution in [0.4, 0.5) is 11.4 Å². The Bertz CT molecular complexity index is 1360. The zero-order valence-electron chi connectivity index (χ0n) is 18.0. The van der Waals surface area contributed by atoms with Crippen LogP contribution >= 0.6 is 11.6 Å². The number of nitrogens with zero attached hydrogens (tertiary/aromatic N) is 1. The number of amides is 2. The molecule has 8 nitrogen and oxygen atoms in total. The van der Waals surface area contributed by atoms with Crippen LogP contribution < -0.4 is 20.1 Å². The van der Waals surface area contributed by atoms with Crippen LogP contribution in [0, 0.1) is 0 Å². The van der Waals surface area contributed by atoms with Gasteiger partial charge in [-0.05, 0) is 48.4 Å². The van der Waals surface area contributed by atoms with Gasteiger partial charge >= 0.3 is 0 Å². The van der Waals surface area contributed by atoms with E-state index in [1.807, 2.05) is 0 Å². The van der Waals surface area contributed by atoms with E-state index >= 15 is 0 Å². The molecule has 0 radical (unpaired) electrons. The van der Waals surface area contributed by atoms with E-state index in [9.17, 15) is 18.0 Å². The first-order chi connectivity index (χ1) is 16.2. The van der Waals surface area contributed by atoms with E-state index in [2.05, 4.69) is 5.32 Å². The molecule has 0 saturated carbocycles. The van der Waals surface area contributed by atoms with Crippen molar-refractivity contribution in [1.29, 1.82) is 0 Å². The number of primary sulfonamides is 1. The molecule has 0 bridgehead atoms. The van der Waals surface area contributed by atoms with Gasteiger partial charge in [0, 0.05) is 35.4 Å². The lowest BCUT2D eigenvalue weighted by atomic mass is 10.1. The van der Waals surface area contributed by atoms with Crippen molar-refractivity contribution < 1.29 is 22.7 Å². The summed E-state index contributed by atoms with van der Waals surface area (Å²) >= 11 is 6.10. The number of carbonyl (C=O) groups is 2. The Morgan fingerprint density at radius 3 is 2.59 bits per heavy atom. The van der Waals surface area contributed by atoms with E-state index in [-0.39, 0.29) is 34.6 Å². The van der Waals surface area contributed by atoms with Gasteiger partial charge in [0.2, 0.25) is 21.8 Å². The molecule has 3 N–H and O–H groups in total. The number of nitrogens with one attached hydrogen (secondary N) is 1. The Labute approximate surface area is 202 Å². The average molecular weight is 500 g/mol. The number of sulfonamides is 1. The average Bonchev–Trinajstić information content (AvgIpc) is 3.22. The first-order valence-electron chi connectivity index (χ1n) is 10.5. The maximum atomic E-state index is 12.4. The molecule has 10 heteroatoms. The topological polar surface area (TPSA) is 119 Å². The molecule has 2 amide bonds. The van der Waals surface area contributed by atoms with E-state index in [1.54, 1.807) is 53.4 Å². The number of benzene rings is 3. The number of halogens is 1. The van der Waals surface area contributed by atoms with Crippen molar-refractivity contribution in [2.45, 2.75) is 24.2 Å². The predicted molar refractivity (Wildman–Crippen MR) is 130 cm³/mol. The molecule has 0 aliphatic carbocycles. The molecule has 1 heterocycles. The summed E-state index contributed by atoms with van der Waals surface area (Å²) in [6.45, 7) is 0.618. The van der Waals surface area contributed by atoms with Gasteiger partial charge in [0.05, 0.1) is 6.42 Å². The second-order valence-electron chi connectivity index (χ2n) is 7.77. The summed E-state index contributed by atoms with van der Waals surface area (Å²) in [5.41, 5.74) is 1.55. The van der Waals surface area contributed by atoms with Crippen LogP contribution in [0.15, 0.2) is 71.6 Å². The number of hydrogen-bond acceptors (Lipinski definition) is 5. The smallest absolute Gasteiger partial charge is 0.241 e. The number of nitrogens with two attached hydrogens (primary N) is 1. The molecule has 0 unspecified atom stereocenters. The summed E-state index contributed by atoms with van der Waals surface area (Å²) < 4.78 is 30.3. The SMILES string of the molecule is NS(=O)(=O)c1cc(NC(=O)Cc2ccccc2Cl)ccc1Oc1cccc(N2CCCC2=O)c1. The summed E-state index contributed by atoms with van der Waals surface area (Å²) in [5.74, 6) is -0.00140. The van der Waals surface area contributed by atoms with Gasteiger partial charge in [-0.15, -0.1) is 0 Å². The molecule has 0 spiro atoms. The summed E-state index contributed by atoms with van der Waals surface area (Å²) in [4.78, 5) is 25.9. The summed E-state index contributed by atoms with van der Waals surface area (Å²) in [7, 11) is -4.17. The van der Waals surface area contributed by atoms with Gasteiger partial charge in [0.25, 0.3) is 0 Å². The Kier molecular flexibility index (Phi) is 6.87. The highest BCUT2D eigenvalue weighted by atomic mass is 35.5. The fourth-order valence-corrected chi connectivity index (χ4v) is 4.56. The second-order valence-corrected chi connectivity index (χ2v) is 9.71. The fraction of sp³-hybridized carbons (Fsp3) is 0.167. The Balaban J connectivity index is 1.55. The van der Waals surface area contributed by atoms with Crippen molar-refractivity contribution in [2.24, 2.45) is 5.14 Å².